The molecule has 0 aliphatic heterocycles. The van der Waals surface area contributed by atoms with Crippen LogP contribution in [-0.2, 0) is 33.3 Å². The molecule has 63 heavy (non-hydrogen) atoms. The Morgan fingerprint density at radius 2 is 0.952 bits per heavy atom. The van der Waals surface area contributed by atoms with Crippen molar-refractivity contribution in [2.45, 2.75) is 206 Å². The first-order valence-electron chi connectivity index (χ1n) is 25.1. The number of carboxylic acids is 1. The quantitative estimate of drug-likeness (QED) is 0.0195. The number of carboxylic acid groups (broad SMARTS) is 1. The second-order valence-corrected chi connectivity index (χ2v) is 17.7. The zero-order valence-corrected chi connectivity index (χ0v) is 40.9. The second kappa shape index (κ2) is 45.3. The smallest absolute Gasteiger partial charge is 0.310 e. The Hall–Kier alpha value is -3.27. The largest absolute Gasteiger partial charge is 0.545 e. The van der Waals surface area contributed by atoms with E-state index in [-0.39, 0.29) is 38.6 Å². The van der Waals surface area contributed by atoms with E-state index < -0.39 is 24.3 Å². The van der Waals surface area contributed by atoms with Crippen LogP contribution in [0.1, 0.15) is 194 Å². The lowest BCUT2D eigenvalue weighted by Crippen LogP contribution is -2.44. The number of rotatable bonds is 45. The molecule has 362 valence electrons. The number of unbranched alkanes of at least 4 members (excludes halogenated alkanes) is 19. The van der Waals surface area contributed by atoms with Crippen LogP contribution in [0.2, 0.25) is 0 Å². The highest BCUT2D eigenvalue weighted by molar-refractivity contribution is 5.71. The number of carbonyl (C=O) groups is 3. The highest BCUT2D eigenvalue weighted by Crippen LogP contribution is 2.14. The van der Waals surface area contributed by atoms with Crippen molar-refractivity contribution in [3.05, 3.63) is 72.9 Å². The zero-order valence-electron chi connectivity index (χ0n) is 40.9. The van der Waals surface area contributed by atoms with Crippen molar-refractivity contribution in [3.8, 4) is 0 Å². The standard InChI is InChI=1S/C54H93NO8/c1-6-8-10-12-14-16-18-20-22-23-24-25-26-27-28-29-31-32-34-36-38-40-42-44-51(56)61-48-50(49-62-54(53(58)59)60-47-46-55(3,4)5)63-52(57)45-43-41-39-37-35-33-30-21-19-17-15-13-11-9-7-2/h9,11,15,17,21,23-24,30,35,37,41,43,50,54H,6-8,10,12-14,16,18-20,22,25-29,31-34,36,38-40,42,44-49H2,1-5H3/b11-9-,17-15-,24-23-,30-21-,37-35-,43-41-. The topological polar surface area (TPSA) is 111 Å². The van der Waals surface area contributed by atoms with E-state index in [1.807, 2.05) is 33.3 Å². The molecule has 9 heteroatoms. The molecule has 0 saturated carbocycles. The number of likely N-dealkylation sites (N-methyl/N-ethyl adjacent to an activating group) is 1. The van der Waals surface area contributed by atoms with Crippen molar-refractivity contribution in [3.63, 3.8) is 0 Å². The third kappa shape index (κ3) is 46.5. The highest BCUT2D eigenvalue weighted by Gasteiger charge is 2.21. The molecule has 9 nitrogen and oxygen atoms in total. The lowest BCUT2D eigenvalue weighted by molar-refractivity contribution is -0.870. The number of hydrogen-bond donors (Lipinski definition) is 0. The molecule has 0 aromatic carbocycles. The Morgan fingerprint density at radius 3 is 1.41 bits per heavy atom. The van der Waals surface area contributed by atoms with Crippen LogP contribution < -0.4 is 5.11 Å². The highest BCUT2D eigenvalue weighted by atomic mass is 16.7. The van der Waals surface area contributed by atoms with Gasteiger partial charge in [-0.2, -0.15) is 0 Å². The van der Waals surface area contributed by atoms with E-state index in [1.165, 1.54) is 116 Å². The van der Waals surface area contributed by atoms with Crippen LogP contribution in [0, 0.1) is 0 Å². The van der Waals surface area contributed by atoms with Gasteiger partial charge in [-0.1, -0.05) is 189 Å². The molecule has 0 heterocycles. The summed E-state index contributed by atoms with van der Waals surface area (Å²) in [5.41, 5.74) is 0. The van der Waals surface area contributed by atoms with Crippen molar-refractivity contribution in [1.82, 2.24) is 0 Å². The summed E-state index contributed by atoms with van der Waals surface area (Å²) in [6.45, 7) is 4.51. The predicted molar refractivity (Wildman–Crippen MR) is 260 cm³/mol. The summed E-state index contributed by atoms with van der Waals surface area (Å²) in [5, 5.41) is 11.7. The van der Waals surface area contributed by atoms with E-state index >= 15 is 0 Å². The van der Waals surface area contributed by atoms with E-state index in [1.54, 1.807) is 6.08 Å². The number of ether oxygens (including phenoxy) is 4. The Labute approximate surface area is 386 Å². The number of nitrogens with zero attached hydrogens (tertiary/aromatic N) is 1. The molecule has 0 aliphatic rings. The van der Waals surface area contributed by atoms with Gasteiger partial charge in [-0.25, -0.2) is 0 Å². The monoisotopic (exact) mass is 884 g/mol. The maximum Gasteiger partial charge on any atom is 0.310 e. The molecule has 0 aliphatic carbocycles. The minimum absolute atomic E-state index is 0.0131. The van der Waals surface area contributed by atoms with Crippen LogP contribution in [0.25, 0.3) is 0 Å². The lowest BCUT2D eigenvalue weighted by atomic mass is 10.0. The Morgan fingerprint density at radius 1 is 0.508 bits per heavy atom. The van der Waals surface area contributed by atoms with Crippen LogP contribution in [0.15, 0.2) is 72.9 Å². The average molecular weight is 884 g/mol. The minimum atomic E-state index is -1.65. The number of aliphatic carboxylic acids is 1. The summed E-state index contributed by atoms with van der Waals surface area (Å²) in [4.78, 5) is 37.0. The van der Waals surface area contributed by atoms with Gasteiger partial charge in [0, 0.05) is 6.42 Å². The first-order chi connectivity index (χ1) is 30.6. The normalized spacial score (nSPS) is 13.5. The summed E-state index contributed by atoms with van der Waals surface area (Å²) in [7, 11) is 5.88. The second-order valence-electron chi connectivity index (χ2n) is 17.7. The van der Waals surface area contributed by atoms with Gasteiger partial charge in [0.25, 0.3) is 0 Å². The van der Waals surface area contributed by atoms with E-state index in [0.717, 1.165) is 44.9 Å². The Balaban J connectivity index is 4.39. The van der Waals surface area contributed by atoms with Gasteiger partial charge in [0.1, 0.15) is 13.2 Å². The first-order valence-corrected chi connectivity index (χ1v) is 25.1. The van der Waals surface area contributed by atoms with Crippen LogP contribution in [0.3, 0.4) is 0 Å². The molecule has 0 aromatic heterocycles. The molecule has 0 aromatic rings. The number of allylic oxidation sites excluding steroid dienone is 11. The van der Waals surface area contributed by atoms with Gasteiger partial charge in [-0.15, -0.1) is 0 Å². The Kier molecular flexibility index (Phi) is 43.0. The van der Waals surface area contributed by atoms with E-state index in [9.17, 15) is 19.5 Å². The van der Waals surface area contributed by atoms with E-state index in [0.29, 0.717) is 17.4 Å². The summed E-state index contributed by atoms with van der Waals surface area (Å²) < 4.78 is 22.4. The number of carbonyl (C=O) groups excluding carboxylic acids is 3. The predicted octanol–water partition coefficient (Wildman–Crippen LogP) is 12.6. The molecule has 0 N–H and O–H groups in total. The van der Waals surface area contributed by atoms with Crippen molar-refractivity contribution < 1.29 is 42.9 Å². The minimum Gasteiger partial charge on any atom is -0.545 e. The van der Waals surface area contributed by atoms with Crippen molar-refractivity contribution >= 4 is 17.9 Å². The molecule has 2 atom stereocenters. The van der Waals surface area contributed by atoms with Crippen LogP contribution in [-0.4, -0.2) is 82.3 Å². The van der Waals surface area contributed by atoms with Crippen molar-refractivity contribution in [1.29, 1.82) is 0 Å². The summed E-state index contributed by atoms with van der Waals surface area (Å²) in [5.74, 6) is -2.46. The third-order valence-electron chi connectivity index (χ3n) is 10.5. The van der Waals surface area contributed by atoms with Gasteiger partial charge in [0.15, 0.2) is 12.4 Å². The third-order valence-corrected chi connectivity index (χ3v) is 10.5. The number of quaternary nitrogens is 1. The summed E-state index contributed by atoms with van der Waals surface area (Å²) >= 11 is 0. The van der Waals surface area contributed by atoms with Crippen LogP contribution >= 0.6 is 0 Å². The number of esters is 2. The molecule has 2 unspecified atom stereocenters. The van der Waals surface area contributed by atoms with Crippen LogP contribution in [0.4, 0.5) is 0 Å². The maximum absolute atomic E-state index is 12.7. The maximum atomic E-state index is 12.7. The summed E-state index contributed by atoms with van der Waals surface area (Å²) in [6.07, 6.45) is 54.1. The first kappa shape index (κ1) is 59.7. The summed E-state index contributed by atoms with van der Waals surface area (Å²) in [6, 6.07) is 0. The molecule has 0 amide bonds. The fourth-order valence-corrected chi connectivity index (χ4v) is 6.61. The zero-order chi connectivity index (χ0) is 46.3. The molecule has 0 bridgehead atoms. The van der Waals surface area contributed by atoms with Crippen molar-refractivity contribution in [2.24, 2.45) is 0 Å². The average Bonchev–Trinajstić information content (AvgIpc) is 3.24. The fourth-order valence-electron chi connectivity index (χ4n) is 6.61. The molecular formula is C54H93NO8. The molecule has 0 saturated heterocycles. The van der Waals surface area contributed by atoms with Gasteiger partial charge in [-0.05, 0) is 64.2 Å². The van der Waals surface area contributed by atoms with Gasteiger partial charge < -0.3 is 33.3 Å². The van der Waals surface area contributed by atoms with Gasteiger partial charge in [0.2, 0.25) is 0 Å². The van der Waals surface area contributed by atoms with Gasteiger partial charge in [0.05, 0.1) is 46.7 Å². The fraction of sp³-hybridized carbons (Fsp3) is 0.722. The Bertz CT molecular complexity index is 1260. The van der Waals surface area contributed by atoms with Gasteiger partial charge >= 0.3 is 11.9 Å². The van der Waals surface area contributed by atoms with Crippen molar-refractivity contribution in [2.75, 3.05) is 47.5 Å². The molecule has 0 rings (SSSR count). The molecular weight excluding hydrogens is 791 g/mol. The van der Waals surface area contributed by atoms with E-state index in [4.69, 9.17) is 18.9 Å². The van der Waals surface area contributed by atoms with Gasteiger partial charge in [-0.3, -0.25) is 9.59 Å². The van der Waals surface area contributed by atoms with E-state index in [2.05, 4.69) is 68.5 Å². The lowest BCUT2D eigenvalue weighted by Gasteiger charge is -2.26. The number of hydrogen-bond acceptors (Lipinski definition) is 8. The molecule has 0 radical (unpaired) electrons. The molecule has 0 fully saturated rings. The molecule has 0 spiro atoms. The SMILES string of the molecule is CC/C=C\C/C=C\C/C=C\C/C=C\C/C=C\CC(=O)OC(COC(=O)CCCCCCCCCCCCC/C=C\CCCCCCCCCC)COC(OCC[N+](C)(C)C)C(=O)[O-]. The van der Waals surface area contributed by atoms with Crippen LogP contribution in [0.5, 0.6) is 0 Å².